The molecule has 1 aromatic heterocycles. The number of aliphatic hydroxyl groups is 1. The fourth-order valence-electron chi connectivity index (χ4n) is 4.06. The summed E-state index contributed by atoms with van der Waals surface area (Å²) in [4.78, 5) is 14.4. The highest BCUT2D eigenvalue weighted by Gasteiger charge is 2.35. The summed E-state index contributed by atoms with van der Waals surface area (Å²) in [5.41, 5.74) is 3.59. The van der Waals surface area contributed by atoms with Crippen LogP contribution in [0.25, 0.3) is 11.3 Å². The Morgan fingerprint density at radius 2 is 1.93 bits per heavy atom. The summed E-state index contributed by atoms with van der Waals surface area (Å²) >= 11 is 6.41. The van der Waals surface area contributed by atoms with Crippen LogP contribution in [-0.4, -0.2) is 43.6 Å². The first-order valence-electron chi connectivity index (χ1n) is 10.3. The van der Waals surface area contributed by atoms with E-state index in [1.54, 1.807) is 18.7 Å². The lowest BCUT2D eigenvalue weighted by Crippen LogP contribution is -2.42. The number of hydrogen-bond donors (Lipinski definition) is 1. The van der Waals surface area contributed by atoms with Gasteiger partial charge in [0.1, 0.15) is 5.60 Å². The monoisotopic (exact) mass is 433 g/mol. The number of fused-ring (bicyclic) bond motifs is 1. The number of rotatable bonds is 3. The molecule has 1 aliphatic rings. The van der Waals surface area contributed by atoms with Crippen molar-refractivity contribution < 1.29 is 14.6 Å². The predicted molar refractivity (Wildman–Crippen MR) is 119 cm³/mol. The highest BCUT2D eigenvalue weighted by Crippen LogP contribution is 2.37. The number of benzene rings is 1. The van der Waals surface area contributed by atoms with Gasteiger partial charge in [0, 0.05) is 36.2 Å². The van der Waals surface area contributed by atoms with E-state index in [2.05, 4.69) is 6.07 Å². The fraction of sp³-hybridized carbons (Fsp3) is 0.565. The van der Waals surface area contributed by atoms with Crippen LogP contribution in [0.5, 0.6) is 0 Å². The first-order chi connectivity index (χ1) is 13.7. The van der Waals surface area contributed by atoms with Gasteiger partial charge >= 0.3 is 6.09 Å². The SMILES string of the molecule is CC1c2nn(C)c(-c3cc(Cl)cc(CC(C)(C)O)c3)c2CCN1C(=O)OC(C)(C)C. The van der Waals surface area contributed by atoms with Crippen molar-refractivity contribution in [3.63, 3.8) is 0 Å². The number of aryl methyl sites for hydroxylation is 1. The second-order valence-electron chi connectivity index (χ2n) is 9.77. The summed E-state index contributed by atoms with van der Waals surface area (Å²) in [6.45, 7) is 11.7. The number of hydrogen-bond acceptors (Lipinski definition) is 4. The second-order valence-corrected chi connectivity index (χ2v) is 10.2. The lowest BCUT2D eigenvalue weighted by atomic mass is 9.93. The molecule has 1 atom stereocenters. The van der Waals surface area contributed by atoms with E-state index in [0.29, 0.717) is 24.4 Å². The average molecular weight is 434 g/mol. The van der Waals surface area contributed by atoms with Crippen molar-refractivity contribution in [2.45, 2.75) is 71.6 Å². The van der Waals surface area contributed by atoms with Gasteiger partial charge in [0.15, 0.2) is 0 Å². The number of amides is 1. The number of aromatic nitrogens is 2. The molecule has 6 nitrogen and oxygen atoms in total. The smallest absolute Gasteiger partial charge is 0.410 e. The molecule has 0 saturated carbocycles. The van der Waals surface area contributed by atoms with Crippen LogP contribution < -0.4 is 0 Å². The largest absolute Gasteiger partial charge is 0.444 e. The molecule has 0 saturated heterocycles. The van der Waals surface area contributed by atoms with Crippen LogP contribution in [0.2, 0.25) is 5.02 Å². The van der Waals surface area contributed by atoms with Crippen molar-refractivity contribution in [3.05, 3.63) is 40.0 Å². The van der Waals surface area contributed by atoms with Crippen molar-refractivity contribution in [1.29, 1.82) is 0 Å². The Bertz CT molecular complexity index is 954. The van der Waals surface area contributed by atoms with E-state index >= 15 is 0 Å². The highest BCUT2D eigenvalue weighted by atomic mass is 35.5. The average Bonchev–Trinajstić information content (AvgIpc) is 2.88. The molecule has 0 bridgehead atoms. The molecule has 3 rings (SSSR count). The Morgan fingerprint density at radius 1 is 1.27 bits per heavy atom. The maximum absolute atomic E-state index is 12.6. The summed E-state index contributed by atoms with van der Waals surface area (Å²) in [5, 5.41) is 15.6. The van der Waals surface area contributed by atoms with Crippen molar-refractivity contribution in [2.75, 3.05) is 6.54 Å². The van der Waals surface area contributed by atoms with E-state index in [4.69, 9.17) is 21.4 Å². The fourth-order valence-corrected chi connectivity index (χ4v) is 4.32. The Balaban J connectivity index is 1.97. The van der Waals surface area contributed by atoms with Crippen LogP contribution in [0.15, 0.2) is 18.2 Å². The zero-order valence-electron chi connectivity index (χ0n) is 18.9. The third-order valence-electron chi connectivity index (χ3n) is 5.14. The lowest BCUT2D eigenvalue weighted by molar-refractivity contribution is 0.0155. The molecule has 30 heavy (non-hydrogen) atoms. The second kappa shape index (κ2) is 7.89. The molecular weight excluding hydrogens is 402 g/mol. The maximum atomic E-state index is 12.6. The van der Waals surface area contributed by atoms with Gasteiger partial charge < -0.3 is 9.84 Å². The van der Waals surface area contributed by atoms with E-state index in [0.717, 1.165) is 28.1 Å². The molecule has 1 N–H and O–H groups in total. The van der Waals surface area contributed by atoms with Crippen LogP contribution in [-0.2, 0) is 24.6 Å². The van der Waals surface area contributed by atoms with Gasteiger partial charge in [0.25, 0.3) is 0 Å². The summed E-state index contributed by atoms with van der Waals surface area (Å²) in [6, 6.07) is 5.70. The van der Waals surface area contributed by atoms with Gasteiger partial charge in [-0.1, -0.05) is 11.6 Å². The number of ether oxygens (including phenoxy) is 1. The summed E-state index contributed by atoms with van der Waals surface area (Å²) in [7, 11) is 1.91. The molecule has 0 aliphatic carbocycles. The van der Waals surface area contributed by atoms with Crippen LogP contribution in [0, 0.1) is 0 Å². The maximum Gasteiger partial charge on any atom is 0.410 e. The molecule has 1 aliphatic heterocycles. The number of halogens is 1. The van der Waals surface area contributed by atoms with Crippen molar-refractivity contribution in [1.82, 2.24) is 14.7 Å². The molecule has 2 aromatic rings. The molecular formula is C23H32ClN3O3. The number of carbonyl (C=O) groups excluding carboxylic acids is 1. The zero-order valence-corrected chi connectivity index (χ0v) is 19.7. The normalized spacial score (nSPS) is 17.1. The van der Waals surface area contributed by atoms with Gasteiger partial charge in [-0.2, -0.15) is 5.10 Å². The van der Waals surface area contributed by atoms with Gasteiger partial charge in [-0.15, -0.1) is 0 Å². The first kappa shape index (κ1) is 22.6. The molecule has 1 amide bonds. The number of nitrogens with zero attached hydrogens (tertiary/aromatic N) is 3. The van der Waals surface area contributed by atoms with Gasteiger partial charge in [-0.05, 0) is 71.7 Å². The third kappa shape index (κ3) is 4.98. The van der Waals surface area contributed by atoms with E-state index < -0.39 is 11.2 Å². The molecule has 1 aromatic carbocycles. The summed E-state index contributed by atoms with van der Waals surface area (Å²) in [5.74, 6) is 0. The summed E-state index contributed by atoms with van der Waals surface area (Å²) in [6.07, 6.45) is 0.877. The van der Waals surface area contributed by atoms with Crippen molar-refractivity contribution >= 4 is 17.7 Å². The predicted octanol–water partition coefficient (Wildman–Crippen LogP) is 4.91. The molecule has 0 fully saturated rings. The molecule has 0 radical (unpaired) electrons. The topological polar surface area (TPSA) is 67.6 Å². The van der Waals surface area contributed by atoms with Gasteiger partial charge in [0.2, 0.25) is 0 Å². The molecule has 7 heteroatoms. The first-order valence-corrected chi connectivity index (χ1v) is 10.7. The Morgan fingerprint density at radius 3 is 2.53 bits per heavy atom. The third-order valence-corrected chi connectivity index (χ3v) is 5.36. The van der Waals surface area contributed by atoms with Crippen LogP contribution in [0.4, 0.5) is 4.79 Å². The van der Waals surface area contributed by atoms with Crippen molar-refractivity contribution in [3.8, 4) is 11.3 Å². The van der Waals surface area contributed by atoms with Gasteiger partial charge in [0.05, 0.1) is 23.0 Å². The minimum atomic E-state index is -0.823. The molecule has 164 valence electrons. The molecule has 1 unspecified atom stereocenters. The Hall–Kier alpha value is -2.05. The Labute approximate surface area is 183 Å². The highest BCUT2D eigenvalue weighted by molar-refractivity contribution is 6.31. The van der Waals surface area contributed by atoms with E-state index in [9.17, 15) is 9.90 Å². The standard InChI is InChI=1S/C23H32ClN3O3/c1-14-19-18(8-9-27(14)21(28)30-22(2,3)4)20(26(7)25-19)16-10-15(11-17(24)12-16)13-23(5,6)29/h10-12,14,29H,8-9,13H2,1-7H3. The zero-order chi connectivity index (χ0) is 22.4. The summed E-state index contributed by atoms with van der Waals surface area (Å²) < 4.78 is 7.43. The number of carbonyl (C=O) groups is 1. The van der Waals surface area contributed by atoms with Crippen LogP contribution in [0.1, 0.15) is 64.4 Å². The quantitative estimate of drug-likeness (QED) is 0.746. The van der Waals surface area contributed by atoms with Crippen LogP contribution in [0.3, 0.4) is 0 Å². The molecule has 2 heterocycles. The molecule has 0 spiro atoms. The van der Waals surface area contributed by atoms with E-state index in [1.807, 2.05) is 51.6 Å². The van der Waals surface area contributed by atoms with Gasteiger partial charge in [-0.25, -0.2) is 4.79 Å². The lowest BCUT2D eigenvalue weighted by Gasteiger charge is -2.34. The van der Waals surface area contributed by atoms with E-state index in [1.165, 1.54) is 0 Å². The van der Waals surface area contributed by atoms with Gasteiger partial charge in [-0.3, -0.25) is 9.58 Å². The van der Waals surface area contributed by atoms with E-state index in [-0.39, 0.29) is 12.1 Å². The van der Waals surface area contributed by atoms with Crippen LogP contribution >= 0.6 is 11.6 Å². The minimum absolute atomic E-state index is 0.182. The minimum Gasteiger partial charge on any atom is -0.444 e. The Kier molecular flexibility index (Phi) is 5.95. The van der Waals surface area contributed by atoms with Crippen molar-refractivity contribution in [2.24, 2.45) is 7.05 Å².